The van der Waals surface area contributed by atoms with E-state index >= 15 is 0 Å². The zero-order valence-electron chi connectivity index (χ0n) is 10.1. The van der Waals surface area contributed by atoms with Crippen LogP contribution in [-0.4, -0.2) is 30.3 Å². The first-order chi connectivity index (χ1) is 7.85. The van der Waals surface area contributed by atoms with Gasteiger partial charge in [0.15, 0.2) is 0 Å². The summed E-state index contributed by atoms with van der Waals surface area (Å²) in [4.78, 5) is 11.8. The molecule has 0 spiro atoms. The Hall–Kier alpha value is -1.07. The number of methoxy groups -OCH3 is 1. The second kappa shape index (κ2) is 5.51. The van der Waals surface area contributed by atoms with Crippen LogP contribution >= 0.6 is 15.9 Å². The number of halogens is 1. The first kappa shape index (κ1) is 14.0. The topological polar surface area (TPSA) is 58.6 Å². The lowest BCUT2D eigenvalue weighted by molar-refractivity contribution is 0.0228. The lowest BCUT2D eigenvalue weighted by atomic mass is 10.1. The molecule has 0 aliphatic carbocycles. The van der Waals surface area contributed by atoms with Crippen molar-refractivity contribution < 1.29 is 14.6 Å². The molecule has 0 bridgehead atoms. The molecule has 0 unspecified atom stereocenters. The van der Waals surface area contributed by atoms with Gasteiger partial charge in [0, 0.05) is 18.1 Å². The van der Waals surface area contributed by atoms with E-state index in [9.17, 15) is 9.90 Å². The van der Waals surface area contributed by atoms with E-state index in [1.54, 1.807) is 19.2 Å². The summed E-state index contributed by atoms with van der Waals surface area (Å²) in [5, 5.41) is 12.3. The zero-order valence-corrected chi connectivity index (χ0v) is 11.7. The third-order valence-corrected chi connectivity index (χ3v) is 2.92. The summed E-state index contributed by atoms with van der Waals surface area (Å²) in [7, 11) is 1.59. The van der Waals surface area contributed by atoms with Crippen molar-refractivity contribution in [3.63, 3.8) is 0 Å². The fraction of sp³-hybridized carbons (Fsp3) is 0.417. The molecule has 1 amide bonds. The summed E-state index contributed by atoms with van der Waals surface area (Å²) in [5.74, 6) is -0.366. The molecule has 0 radical (unpaired) electrons. The SMILES string of the molecule is COC(C)(C)CNC(=O)c1cc(Br)ccc1O. The molecule has 4 nitrogen and oxygen atoms in total. The predicted molar refractivity (Wildman–Crippen MR) is 69.2 cm³/mol. The predicted octanol–water partition coefficient (Wildman–Crippen LogP) is 2.31. The molecule has 17 heavy (non-hydrogen) atoms. The lowest BCUT2D eigenvalue weighted by Crippen LogP contribution is -2.39. The van der Waals surface area contributed by atoms with E-state index < -0.39 is 5.60 Å². The van der Waals surface area contributed by atoms with Crippen molar-refractivity contribution in [2.75, 3.05) is 13.7 Å². The van der Waals surface area contributed by atoms with E-state index in [0.717, 1.165) is 4.47 Å². The molecule has 0 saturated carbocycles. The van der Waals surface area contributed by atoms with Gasteiger partial charge in [-0.1, -0.05) is 15.9 Å². The van der Waals surface area contributed by atoms with Crippen LogP contribution in [0.4, 0.5) is 0 Å². The van der Waals surface area contributed by atoms with Gasteiger partial charge in [-0.2, -0.15) is 0 Å². The fourth-order valence-electron chi connectivity index (χ4n) is 1.15. The maximum atomic E-state index is 11.8. The molecule has 0 aliphatic rings. The number of hydrogen-bond donors (Lipinski definition) is 2. The summed E-state index contributed by atoms with van der Waals surface area (Å²) in [6.07, 6.45) is 0. The van der Waals surface area contributed by atoms with Crippen LogP contribution < -0.4 is 5.32 Å². The minimum Gasteiger partial charge on any atom is -0.507 e. The zero-order chi connectivity index (χ0) is 13.1. The van der Waals surface area contributed by atoms with Gasteiger partial charge in [-0.15, -0.1) is 0 Å². The fourth-order valence-corrected chi connectivity index (χ4v) is 1.51. The van der Waals surface area contributed by atoms with Crippen LogP contribution in [0.1, 0.15) is 24.2 Å². The van der Waals surface area contributed by atoms with Crippen LogP contribution in [0.2, 0.25) is 0 Å². The lowest BCUT2D eigenvalue weighted by Gasteiger charge is -2.23. The average molecular weight is 302 g/mol. The van der Waals surface area contributed by atoms with Gasteiger partial charge >= 0.3 is 0 Å². The molecule has 0 aromatic heterocycles. The number of phenols is 1. The van der Waals surface area contributed by atoms with Crippen molar-refractivity contribution in [3.8, 4) is 5.75 Å². The molecule has 1 rings (SSSR count). The summed E-state index contributed by atoms with van der Waals surface area (Å²) in [6.45, 7) is 4.11. The molecule has 94 valence electrons. The Morgan fingerprint density at radius 1 is 1.53 bits per heavy atom. The van der Waals surface area contributed by atoms with E-state index in [1.807, 2.05) is 13.8 Å². The van der Waals surface area contributed by atoms with Crippen molar-refractivity contribution in [1.82, 2.24) is 5.32 Å². The summed E-state index contributed by atoms with van der Waals surface area (Å²) in [6, 6.07) is 4.72. The summed E-state index contributed by atoms with van der Waals surface area (Å²) < 4.78 is 5.93. The highest BCUT2D eigenvalue weighted by atomic mass is 79.9. The highest BCUT2D eigenvalue weighted by Gasteiger charge is 2.19. The number of amides is 1. The number of nitrogens with one attached hydrogen (secondary N) is 1. The highest BCUT2D eigenvalue weighted by Crippen LogP contribution is 2.21. The Labute approximate surface area is 109 Å². The van der Waals surface area contributed by atoms with Crippen LogP contribution in [0.5, 0.6) is 5.75 Å². The number of carbonyl (C=O) groups excluding carboxylic acids is 1. The average Bonchev–Trinajstić information content (AvgIpc) is 2.29. The number of ether oxygens (including phenoxy) is 1. The van der Waals surface area contributed by atoms with Crippen molar-refractivity contribution in [1.29, 1.82) is 0 Å². The van der Waals surface area contributed by atoms with E-state index in [-0.39, 0.29) is 17.2 Å². The Morgan fingerprint density at radius 2 is 2.18 bits per heavy atom. The number of rotatable bonds is 4. The Balaban J connectivity index is 2.74. The van der Waals surface area contributed by atoms with Gasteiger partial charge in [-0.3, -0.25) is 4.79 Å². The maximum absolute atomic E-state index is 11.8. The van der Waals surface area contributed by atoms with Gasteiger partial charge in [-0.05, 0) is 32.0 Å². The van der Waals surface area contributed by atoms with Crippen molar-refractivity contribution >= 4 is 21.8 Å². The van der Waals surface area contributed by atoms with Gasteiger partial charge in [0.1, 0.15) is 5.75 Å². The van der Waals surface area contributed by atoms with Gasteiger partial charge in [0.25, 0.3) is 5.91 Å². The van der Waals surface area contributed by atoms with Gasteiger partial charge < -0.3 is 15.2 Å². The minimum absolute atomic E-state index is 0.0408. The van der Waals surface area contributed by atoms with E-state index in [1.165, 1.54) is 6.07 Å². The largest absolute Gasteiger partial charge is 0.507 e. The molecule has 2 N–H and O–H groups in total. The monoisotopic (exact) mass is 301 g/mol. The standard InChI is InChI=1S/C12H16BrNO3/c1-12(2,17-3)7-14-11(16)9-6-8(13)4-5-10(9)15/h4-6,15H,7H2,1-3H3,(H,14,16). The molecule has 0 fully saturated rings. The van der Waals surface area contributed by atoms with Crippen molar-refractivity contribution in [2.24, 2.45) is 0 Å². The third kappa shape index (κ3) is 4.02. The third-order valence-electron chi connectivity index (χ3n) is 2.43. The van der Waals surface area contributed by atoms with Crippen molar-refractivity contribution in [2.45, 2.75) is 19.4 Å². The second-order valence-corrected chi connectivity index (χ2v) is 5.22. The molecule has 0 atom stereocenters. The van der Waals surface area contributed by atoms with Gasteiger partial charge in [-0.25, -0.2) is 0 Å². The molecule has 0 aliphatic heterocycles. The van der Waals surface area contributed by atoms with E-state index in [0.29, 0.717) is 6.54 Å². The molecule has 0 saturated heterocycles. The first-order valence-corrected chi connectivity index (χ1v) is 5.97. The smallest absolute Gasteiger partial charge is 0.255 e. The molecular weight excluding hydrogens is 286 g/mol. The molecule has 5 heteroatoms. The number of benzene rings is 1. The number of phenolic OH excluding ortho intramolecular Hbond substituents is 1. The summed E-state index contributed by atoms with van der Waals surface area (Å²) in [5.41, 5.74) is -0.191. The van der Waals surface area contributed by atoms with Crippen LogP contribution in [0, 0.1) is 0 Å². The van der Waals surface area contributed by atoms with Crippen LogP contribution in [0.3, 0.4) is 0 Å². The number of carbonyl (C=O) groups is 1. The van der Waals surface area contributed by atoms with Crippen LogP contribution in [0.15, 0.2) is 22.7 Å². The normalized spacial score (nSPS) is 11.3. The van der Waals surface area contributed by atoms with Gasteiger partial charge in [0.2, 0.25) is 0 Å². The number of hydrogen-bond acceptors (Lipinski definition) is 3. The van der Waals surface area contributed by atoms with Gasteiger partial charge in [0.05, 0.1) is 11.2 Å². The van der Waals surface area contributed by atoms with E-state index in [4.69, 9.17) is 4.74 Å². The van der Waals surface area contributed by atoms with Crippen LogP contribution in [0.25, 0.3) is 0 Å². The summed E-state index contributed by atoms with van der Waals surface area (Å²) >= 11 is 3.25. The molecular formula is C12H16BrNO3. The maximum Gasteiger partial charge on any atom is 0.255 e. The highest BCUT2D eigenvalue weighted by molar-refractivity contribution is 9.10. The van der Waals surface area contributed by atoms with E-state index in [2.05, 4.69) is 21.2 Å². The Morgan fingerprint density at radius 3 is 2.76 bits per heavy atom. The Bertz CT molecular complexity index is 418. The number of aromatic hydroxyl groups is 1. The first-order valence-electron chi connectivity index (χ1n) is 5.17. The molecule has 1 aromatic rings. The molecule has 0 heterocycles. The van der Waals surface area contributed by atoms with Crippen LogP contribution in [-0.2, 0) is 4.74 Å². The quantitative estimate of drug-likeness (QED) is 0.897. The Kier molecular flexibility index (Phi) is 4.54. The van der Waals surface area contributed by atoms with Crippen molar-refractivity contribution in [3.05, 3.63) is 28.2 Å². The second-order valence-electron chi connectivity index (χ2n) is 4.31. The minimum atomic E-state index is -0.433. The molecule has 1 aromatic carbocycles.